The monoisotopic (exact) mass is 433 g/mol. The van der Waals surface area contributed by atoms with Crippen molar-refractivity contribution >= 4 is 21.6 Å². The smallest absolute Gasteiger partial charge is 0.265 e. The van der Waals surface area contributed by atoms with Crippen molar-refractivity contribution in [3.8, 4) is 11.5 Å². The quantitative estimate of drug-likeness (QED) is 0.719. The number of hydrogen-bond donors (Lipinski definition) is 1. The number of nitrogens with zero attached hydrogens (tertiary/aromatic N) is 2. The molecule has 162 valence electrons. The predicted octanol–water partition coefficient (Wildman–Crippen LogP) is 2.04. The second-order valence-corrected chi connectivity index (χ2v) is 9.09. The molecule has 30 heavy (non-hydrogen) atoms. The number of amides is 1. The van der Waals surface area contributed by atoms with Crippen LogP contribution in [0.4, 0.5) is 5.69 Å². The Bertz CT molecular complexity index is 953. The lowest BCUT2D eigenvalue weighted by molar-refractivity contribution is -0.122. The number of carbonyl (C=O) groups excluding carboxylic acids is 1. The fourth-order valence-electron chi connectivity index (χ4n) is 3.04. The zero-order valence-electron chi connectivity index (χ0n) is 17.4. The highest BCUT2D eigenvalue weighted by molar-refractivity contribution is 7.89. The Hall–Kier alpha value is -2.62. The fraction of sp³-hybridized carbons (Fsp3) is 0.381. The molecule has 0 aliphatic carbocycles. The van der Waals surface area contributed by atoms with Gasteiger partial charge in [-0.1, -0.05) is 0 Å². The van der Waals surface area contributed by atoms with Crippen LogP contribution in [-0.4, -0.2) is 70.0 Å². The minimum atomic E-state index is -3.53. The van der Waals surface area contributed by atoms with Crippen molar-refractivity contribution in [2.75, 3.05) is 45.7 Å². The van der Waals surface area contributed by atoms with Gasteiger partial charge >= 0.3 is 0 Å². The molecule has 1 heterocycles. The van der Waals surface area contributed by atoms with Gasteiger partial charge < -0.3 is 19.7 Å². The van der Waals surface area contributed by atoms with Gasteiger partial charge in [0.1, 0.15) is 11.5 Å². The SMILES string of the molecule is COc1ccc(OC(C)C(=O)Nc2ccc(S(=O)(=O)N3CCN(C)CC3)cc2)cc1. The Labute approximate surface area is 177 Å². The van der Waals surface area contributed by atoms with E-state index < -0.39 is 16.1 Å². The van der Waals surface area contributed by atoms with Gasteiger partial charge in [0.25, 0.3) is 5.91 Å². The number of piperazine rings is 1. The molecule has 1 amide bonds. The van der Waals surface area contributed by atoms with E-state index in [1.807, 2.05) is 7.05 Å². The molecule has 0 radical (unpaired) electrons. The molecule has 0 aromatic heterocycles. The Kier molecular flexibility index (Phi) is 6.96. The molecule has 2 aromatic carbocycles. The molecule has 0 saturated carbocycles. The second-order valence-electron chi connectivity index (χ2n) is 7.16. The lowest BCUT2D eigenvalue weighted by atomic mass is 10.3. The van der Waals surface area contributed by atoms with Crippen LogP contribution in [0.25, 0.3) is 0 Å². The summed E-state index contributed by atoms with van der Waals surface area (Å²) in [5.41, 5.74) is 0.502. The molecule has 0 bridgehead atoms. The number of carbonyl (C=O) groups is 1. The molecule has 1 N–H and O–H groups in total. The molecule has 0 spiro atoms. The molecule has 1 fully saturated rings. The van der Waals surface area contributed by atoms with Crippen LogP contribution in [0.3, 0.4) is 0 Å². The summed E-state index contributed by atoms with van der Waals surface area (Å²) in [5.74, 6) is 0.915. The highest BCUT2D eigenvalue weighted by Gasteiger charge is 2.27. The maximum atomic E-state index is 12.8. The van der Waals surface area contributed by atoms with E-state index in [0.29, 0.717) is 43.4 Å². The fourth-order valence-corrected chi connectivity index (χ4v) is 4.47. The first kappa shape index (κ1) is 22.1. The van der Waals surface area contributed by atoms with E-state index in [1.165, 1.54) is 16.4 Å². The standard InChI is InChI=1S/C21H27N3O5S/c1-16(29-19-8-6-18(28-3)7-9-19)21(25)22-17-4-10-20(11-5-17)30(26,27)24-14-12-23(2)13-15-24/h4-11,16H,12-15H2,1-3H3,(H,22,25). The predicted molar refractivity (Wildman–Crippen MR) is 114 cm³/mol. The number of hydrogen-bond acceptors (Lipinski definition) is 6. The first-order chi connectivity index (χ1) is 14.3. The average molecular weight is 434 g/mol. The number of sulfonamides is 1. The highest BCUT2D eigenvalue weighted by Crippen LogP contribution is 2.21. The number of ether oxygens (including phenoxy) is 2. The number of likely N-dealkylation sites (N-methyl/N-ethyl adjacent to an activating group) is 1. The normalized spacial score (nSPS) is 16.6. The molecule has 2 aromatic rings. The van der Waals surface area contributed by atoms with Gasteiger partial charge in [-0.2, -0.15) is 4.31 Å². The lowest BCUT2D eigenvalue weighted by Gasteiger charge is -2.31. The lowest BCUT2D eigenvalue weighted by Crippen LogP contribution is -2.46. The summed E-state index contributed by atoms with van der Waals surface area (Å²) in [6.07, 6.45) is -0.729. The molecule has 3 rings (SSSR count). The minimum Gasteiger partial charge on any atom is -0.497 e. The van der Waals surface area contributed by atoms with Crippen molar-refractivity contribution in [1.29, 1.82) is 0 Å². The maximum absolute atomic E-state index is 12.8. The Balaban J connectivity index is 1.59. The van der Waals surface area contributed by atoms with E-state index in [9.17, 15) is 13.2 Å². The summed E-state index contributed by atoms with van der Waals surface area (Å²) in [6.45, 7) is 4.00. The van der Waals surface area contributed by atoms with Crippen LogP contribution in [0.15, 0.2) is 53.4 Å². The first-order valence-corrected chi connectivity index (χ1v) is 11.1. The summed E-state index contributed by atoms with van der Waals surface area (Å²) < 4.78 is 37.8. The van der Waals surface area contributed by atoms with Gasteiger partial charge in [0.05, 0.1) is 12.0 Å². The van der Waals surface area contributed by atoms with Crippen molar-refractivity contribution in [1.82, 2.24) is 9.21 Å². The third-order valence-corrected chi connectivity index (χ3v) is 6.88. The molecular weight excluding hydrogens is 406 g/mol. The number of methoxy groups -OCH3 is 1. The van der Waals surface area contributed by atoms with Crippen molar-refractivity contribution in [3.63, 3.8) is 0 Å². The van der Waals surface area contributed by atoms with Crippen molar-refractivity contribution in [2.24, 2.45) is 0 Å². The van der Waals surface area contributed by atoms with Gasteiger partial charge in [0.15, 0.2) is 6.10 Å². The van der Waals surface area contributed by atoms with Gasteiger partial charge in [0, 0.05) is 31.9 Å². The minimum absolute atomic E-state index is 0.215. The van der Waals surface area contributed by atoms with Crippen LogP contribution in [0.1, 0.15) is 6.92 Å². The van der Waals surface area contributed by atoms with Crippen LogP contribution < -0.4 is 14.8 Å². The summed E-state index contributed by atoms with van der Waals surface area (Å²) in [5, 5.41) is 2.74. The Morgan fingerprint density at radius 1 is 0.967 bits per heavy atom. The van der Waals surface area contributed by atoms with Crippen molar-refractivity contribution in [3.05, 3.63) is 48.5 Å². The zero-order chi connectivity index (χ0) is 21.7. The molecular formula is C21H27N3O5S. The molecule has 1 atom stereocenters. The molecule has 1 saturated heterocycles. The summed E-state index contributed by atoms with van der Waals surface area (Å²) in [4.78, 5) is 14.7. The van der Waals surface area contributed by atoms with E-state index >= 15 is 0 Å². The third kappa shape index (κ3) is 5.29. The topological polar surface area (TPSA) is 88.2 Å². The molecule has 1 aliphatic heterocycles. The van der Waals surface area contributed by atoms with Crippen LogP contribution in [0.2, 0.25) is 0 Å². The van der Waals surface area contributed by atoms with E-state index in [-0.39, 0.29) is 10.8 Å². The first-order valence-electron chi connectivity index (χ1n) is 9.70. The zero-order valence-corrected chi connectivity index (χ0v) is 18.2. The summed E-state index contributed by atoms with van der Waals surface area (Å²) in [6, 6.07) is 13.1. The summed E-state index contributed by atoms with van der Waals surface area (Å²) >= 11 is 0. The second kappa shape index (κ2) is 9.46. The largest absolute Gasteiger partial charge is 0.497 e. The van der Waals surface area contributed by atoms with Gasteiger partial charge in [-0.25, -0.2) is 8.42 Å². The van der Waals surface area contributed by atoms with E-state index in [4.69, 9.17) is 9.47 Å². The summed E-state index contributed by atoms with van der Waals surface area (Å²) in [7, 11) is 0.0155. The van der Waals surface area contributed by atoms with E-state index in [2.05, 4.69) is 10.2 Å². The Morgan fingerprint density at radius 3 is 2.10 bits per heavy atom. The van der Waals surface area contributed by atoms with E-state index in [1.54, 1.807) is 50.4 Å². The van der Waals surface area contributed by atoms with E-state index in [0.717, 1.165) is 0 Å². The van der Waals surface area contributed by atoms with Gasteiger partial charge in [-0.3, -0.25) is 4.79 Å². The third-order valence-electron chi connectivity index (χ3n) is 4.96. The maximum Gasteiger partial charge on any atom is 0.265 e. The van der Waals surface area contributed by atoms with Gasteiger partial charge in [-0.15, -0.1) is 0 Å². The highest BCUT2D eigenvalue weighted by atomic mass is 32.2. The molecule has 1 aliphatic rings. The van der Waals surface area contributed by atoms with Crippen molar-refractivity contribution in [2.45, 2.75) is 17.9 Å². The van der Waals surface area contributed by atoms with Crippen LogP contribution in [-0.2, 0) is 14.8 Å². The van der Waals surface area contributed by atoms with Crippen molar-refractivity contribution < 1.29 is 22.7 Å². The van der Waals surface area contributed by atoms with Crippen LogP contribution in [0, 0.1) is 0 Å². The Morgan fingerprint density at radius 2 is 1.53 bits per heavy atom. The molecule has 1 unspecified atom stereocenters. The number of anilines is 1. The number of nitrogens with one attached hydrogen (secondary N) is 1. The number of benzene rings is 2. The molecule has 8 nitrogen and oxygen atoms in total. The number of rotatable bonds is 7. The van der Waals surface area contributed by atoms with Gasteiger partial charge in [0.2, 0.25) is 10.0 Å². The van der Waals surface area contributed by atoms with Gasteiger partial charge in [-0.05, 0) is 62.5 Å². The molecule has 9 heteroatoms. The average Bonchev–Trinajstić information content (AvgIpc) is 2.75. The van der Waals surface area contributed by atoms with Crippen LogP contribution in [0.5, 0.6) is 11.5 Å². The van der Waals surface area contributed by atoms with Crippen LogP contribution >= 0.6 is 0 Å².